The van der Waals surface area contributed by atoms with Crippen LogP contribution in [0, 0.1) is 5.41 Å². The molecular formula is C28H43N3O8. The Morgan fingerprint density at radius 1 is 1.00 bits per heavy atom. The maximum atomic E-state index is 12.9. The average Bonchev–Trinajstić information content (AvgIpc) is 3.19. The first-order valence-electron chi connectivity index (χ1n) is 13.2. The molecule has 1 aromatic rings. The third kappa shape index (κ3) is 9.52. The minimum Gasteiger partial charge on any atom is -0.492 e. The summed E-state index contributed by atoms with van der Waals surface area (Å²) < 4.78 is 11.4. The summed E-state index contributed by atoms with van der Waals surface area (Å²) in [5.41, 5.74) is 3.31. The van der Waals surface area contributed by atoms with Crippen LogP contribution in [0.3, 0.4) is 0 Å². The molecule has 39 heavy (non-hydrogen) atoms. The lowest BCUT2D eigenvalue weighted by Gasteiger charge is -2.34. The highest BCUT2D eigenvalue weighted by Gasteiger charge is 2.33. The largest absolute Gasteiger partial charge is 0.492 e. The molecule has 0 saturated heterocycles. The zero-order chi connectivity index (χ0) is 29.2. The molecule has 1 aliphatic carbocycles. The van der Waals surface area contributed by atoms with Crippen molar-refractivity contribution in [3.63, 3.8) is 0 Å². The van der Waals surface area contributed by atoms with Crippen molar-refractivity contribution in [3.8, 4) is 11.8 Å². The van der Waals surface area contributed by atoms with Gasteiger partial charge in [-0.15, -0.1) is 4.73 Å². The van der Waals surface area contributed by atoms with Crippen LogP contribution >= 0.6 is 0 Å². The maximum Gasteiger partial charge on any atom is 0.335 e. The number of nitrogens with zero attached hydrogens (tertiary/aromatic N) is 2. The van der Waals surface area contributed by atoms with E-state index in [1.807, 2.05) is 34.6 Å². The number of ether oxygens (including phenoxy) is 2. The molecule has 0 saturated carbocycles. The summed E-state index contributed by atoms with van der Waals surface area (Å²) in [7, 11) is 1.79. The monoisotopic (exact) mass is 549 g/mol. The molecule has 0 atom stereocenters. The van der Waals surface area contributed by atoms with Gasteiger partial charge in [0.2, 0.25) is 17.7 Å². The van der Waals surface area contributed by atoms with Crippen LogP contribution in [0.4, 0.5) is 0 Å². The fourth-order valence-corrected chi connectivity index (χ4v) is 4.27. The van der Waals surface area contributed by atoms with Gasteiger partial charge in [0.25, 0.3) is 0 Å². The van der Waals surface area contributed by atoms with Gasteiger partial charge in [-0.1, -0.05) is 25.0 Å². The zero-order valence-electron chi connectivity index (χ0n) is 24.0. The van der Waals surface area contributed by atoms with Gasteiger partial charge in [-0.05, 0) is 43.8 Å². The molecule has 0 unspecified atom stereocenters. The van der Waals surface area contributed by atoms with E-state index in [2.05, 4.69) is 5.32 Å². The average molecular weight is 550 g/mol. The number of Topliss-reactive ketones (excluding diaryl/α,β-unsaturated/α-hetero) is 1. The predicted molar refractivity (Wildman–Crippen MR) is 145 cm³/mol. The van der Waals surface area contributed by atoms with Gasteiger partial charge in [0.05, 0.1) is 32.8 Å². The molecule has 1 heterocycles. The number of allylic oxidation sites excluding steroid dienone is 4. The summed E-state index contributed by atoms with van der Waals surface area (Å²) in [6, 6.07) is 2.40. The Kier molecular flexibility index (Phi) is 12.2. The Morgan fingerprint density at radius 3 is 2.26 bits per heavy atom. The van der Waals surface area contributed by atoms with Gasteiger partial charge in [0.1, 0.15) is 0 Å². The lowest BCUT2D eigenvalue weighted by Crippen LogP contribution is -2.37. The molecule has 0 fully saturated rings. The molecular weight excluding hydrogens is 506 g/mol. The van der Waals surface area contributed by atoms with Crippen molar-refractivity contribution in [2.75, 3.05) is 53.1 Å². The number of nitrogens with one attached hydrogen (secondary N) is 1. The second-order valence-corrected chi connectivity index (χ2v) is 10.4. The van der Waals surface area contributed by atoms with Gasteiger partial charge in [0.15, 0.2) is 5.78 Å². The number of carbonyl (C=O) groups excluding carboxylic acids is 3. The highest BCUT2D eigenvalue weighted by molar-refractivity contribution is 6.09. The van der Waals surface area contributed by atoms with Crippen LogP contribution in [-0.2, 0) is 23.9 Å². The molecule has 2 rings (SSSR count). The first-order valence-corrected chi connectivity index (χ1v) is 13.2. The number of aromatic hydroxyl groups is 2. The molecule has 11 nitrogen and oxygen atoms in total. The molecule has 0 bridgehead atoms. The van der Waals surface area contributed by atoms with E-state index in [1.165, 1.54) is 12.1 Å². The maximum absolute atomic E-state index is 12.9. The minimum absolute atomic E-state index is 0.0396. The lowest BCUT2D eigenvalue weighted by atomic mass is 9.72. The Bertz CT molecular complexity index is 1070. The SMILES string of the molecule is CC1=C(C)C(=O)C(C)=C(C(C)(C)CC(=O)N(C)CCNCCOCCOCCC(=O)On2c(O)ccc2O)C1. The van der Waals surface area contributed by atoms with Crippen molar-refractivity contribution in [3.05, 3.63) is 34.4 Å². The molecule has 0 radical (unpaired) electrons. The molecule has 3 N–H and O–H groups in total. The summed E-state index contributed by atoms with van der Waals surface area (Å²) in [5, 5.41) is 22.1. The zero-order valence-corrected chi connectivity index (χ0v) is 24.0. The quantitative estimate of drug-likeness (QED) is 0.265. The summed E-state index contributed by atoms with van der Waals surface area (Å²) in [4.78, 5) is 43.6. The van der Waals surface area contributed by atoms with Gasteiger partial charge in [-0.2, -0.15) is 0 Å². The summed E-state index contributed by atoms with van der Waals surface area (Å²) in [5.74, 6) is -1.30. The van der Waals surface area contributed by atoms with Crippen LogP contribution in [0.15, 0.2) is 34.4 Å². The van der Waals surface area contributed by atoms with Crippen molar-refractivity contribution < 1.29 is 38.9 Å². The smallest absolute Gasteiger partial charge is 0.335 e. The molecule has 0 aromatic carbocycles. The number of ketones is 1. The third-order valence-electron chi connectivity index (χ3n) is 6.91. The van der Waals surface area contributed by atoms with Crippen LogP contribution in [0.25, 0.3) is 0 Å². The molecule has 0 aliphatic heterocycles. The van der Waals surface area contributed by atoms with Gasteiger partial charge in [-0.25, -0.2) is 4.79 Å². The van der Waals surface area contributed by atoms with E-state index in [1.54, 1.807) is 11.9 Å². The van der Waals surface area contributed by atoms with Crippen molar-refractivity contribution in [2.45, 2.75) is 53.9 Å². The van der Waals surface area contributed by atoms with Crippen LogP contribution in [0.1, 0.15) is 53.9 Å². The Labute approximate surface area is 230 Å². The number of hydrogen-bond acceptors (Lipinski definition) is 9. The van der Waals surface area contributed by atoms with Gasteiger partial charge < -0.3 is 34.7 Å². The van der Waals surface area contributed by atoms with Crippen molar-refractivity contribution in [1.82, 2.24) is 14.9 Å². The van der Waals surface area contributed by atoms with E-state index in [0.29, 0.717) is 50.6 Å². The van der Waals surface area contributed by atoms with E-state index in [0.717, 1.165) is 28.7 Å². The Balaban J connectivity index is 1.53. The topological polar surface area (TPSA) is 140 Å². The second kappa shape index (κ2) is 14.9. The number of likely N-dealkylation sites (N-methyl/N-ethyl adjacent to an activating group) is 1. The van der Waals surface area contributed by atoms with Crippen molar-refractivity contribution in [1.29, 1.82) is 0 Å². The molecule has 218 valence electrons. The summed E-state index contributed by atoms with van der Waals surface area (Å²) >= 11 is 0. The van der Waals surface area contributed by atoms with Crippen LogP contribution in [0.2, 0.25) is 0 Å². The number of amides is 1. The molecule has 1 amide bonds. The summed E-state index contributed by atoms with van der Waals surface area (Å²) in [6.45, 7) is 12.8. The number of carbonyl (C=O) groups is 3. The van der Waals surface area contributed by atoms with Crippen LogP contribution in [-0.4, -0.2) is 90.6 Å². The third-order valence-corrected chi connectivity index (χ3v) is 6.91. The standard InChI is InChI=1S/C28H43N3O8/c1-19-17-22(21(3)27(36)20(19)2)28(4,5)18-25(34)30(6)12-10-29-11-14-38-16-15-37-13-9-26(35)39-31-23(32)7-8-24(31)33/h7-8,29,32-33H,9-18H2,1-6H3. The van der Waals surface area contributed by atoms with Gasteiger partial charge in [-0.3, -0.25) is 9.59 Å². The highest BCUT2D eigenvalue weighted by Crippen LogP contribution is 2.40. The first-order chi connectivity index (χ1) is 18.3. The van der Waals surface area contributed by atoms with Gasteiger partial charge in [0, 0.05) is 45.2 Å². The van der Waals surface area contributed by atoms with Crippen molar-refractivity contribution in [2.24, 2.45) is 5.41 Å². The first kappa shape index (κ1) is 32.1. The molecule has 11 heteroatoms. The van der Waals surface area contributed by atoms with Crippen molar-refractivity contribution >= 4 is 17.7 Å². The molecule has 1 aromatic heterocycles. The molecule has 0 spiro atoms. The Hall–Kier alpha value is -3.15. The molecule has 1 aliphatic rings. The van der Waals surface area contributed by atoms with E-state index < -0.39 is 11.4 Å². The minimum atomic E-state index is -0.660. The predicted octanol–water partition coefficient (Wildman–Crippen LogP) is 2.37. The van der Waals surface area contributed by atoms with E-state index >= 15 is 0 Å². The fraction of sp³-hybridized carbons (Fsp3) is 0.607. The normalized spacial score (nSPS) is 14.3. The number of rotatable bonds is 16. The van der Waals surface area contributed by atoms with E-state index in [4.69, 9.17) is 14.3 Å². The van der Waals surface area contributed by atoms with Crippen LogP contribution < -0.4 is 10.2 Å². The fourth-order valence-electron chi connectivity index (χ4n) is 4.27. The second-order valence-electron chi connectivity index (χ2n) is 10.4. The van der Waals surface area contributed by atoms with Gasteiger partial charge >= 0.3 is 5.97 Å². The number of aromatic nitrogens is 1. The Morgan fingerprint density at radius 2 is 1.62 bits per heavy atom. The summed E-state index contributed by atoms with van der Waals surface area (Å²) in [6.07, 6.45) is 1.03. The van der Waals surface area contributed by atoms with Crippen LogP contribution in [0.5, 0.6) is 11.8 Å². The highest BCUT2D eigenvalue weighted by atomic mass is 16.7. The van der Waals surface area contributed by atoms with E-state index in [9.17, 15) is 24.6 Å². The lowest BCUT2D eigenvalue weighted by molar-refractivity contribution is -0.146. The number of hydrogen-bond donors (Lipinski definition) is 3. The van der Waals surface area contributed by atoms with E-state index in [-0.39, 0.29) is 36.5 Å².